The van der Waals surface area contributed by atoms with E-state index < -0.39 is 40.1 Å². The molecule has 15 nitrogen and oxygen atoms in total. The molecule has 0 spiro atoms. The van der Waals surface area contributed by atoms with Crippen LogP contribution >= 0.6 is 0 Å². The molecule has 7 N–H and O–H groups in total. The van der Waals surface area contributed by atoms with Crippen LogP contribution in [0, 0.1) is 13.8 Å². The van der Waals surface area contributed by atoms with Crippen molar-refractivity contribution in [1.82, 2.24) is 0 Å². The van der Waals surface area contributed by atoms with Crippen LogP contribution in [0.2, 0.25) is 0 Å². The normalized spacial score (nSPS) is 12.8. The summed E-state index contributed by atoms with van der Waals surface area (Å²) < 4.78 is 101. The van der Waals surface area contributed by atoms with Crippen molar-refractivity contribution < 1.29 is 38.9 Å². The maximum Gasteiger partial charge on any atom is 0.295 e. The van der Waals surface area contributed by atoms with Crippen LogP contribution in [0.25, 0.3) is 32.7 Å². The number of fused-ring (bicyclic) bond motifs is 2. The Morgan fingerprint density at radius 2 is 0.885 bits per heavy atom. The predicted octanol–water partition coefficient (Wildman–Crippen LogP) is 8.01. The highest BCUT2D eigenvalue weighted by atomic mass is 32.2. The summed E-state index contributed by atoms with van der Waals surface area (Å²) in [6.45, 7) is 3.60. The van der Waals surface area contributed by atoms with E-state index in [0.29, 0.717) is 22.3 Å². The molecule has 266 valence electrons. The second kappa shape index (κ2) is 13.2. The van der Waals surface area contributed by atoms with Crippen molar-refractivity contribution >= 4 is 86.0 Å². The molecule has 6 aromatic rings. The SMILES string of the molecule is Cc1cc(-c2ccc(N=Nc3cc(S(=O)(=O)O)c4cc(S(=O)(=O)O)ccc4c3N)c(C)c2)ccc1N=Nc1cc(S(=O)(=O)O)c2ccccc2c1N. The predicted molar refractivity (Wildman–Crippen MR) is 196 cm³/mol. The van der Waals surface area contributed by atoms with E-state index in [9.17, 15) is 38.9 Å². The number of aryl methyl sites for hydroxylation is 2. The Bertz CT molecular complexity index is 2880. The Hall–Kier alpha value is -5.63. The lowest BCUT2D eigenvalue weighted by atomic mass is 10.0. The summed E-state index contributed by atoms with van der Waals surface area (Å²) >= 11 is 0. The second-order valence-electron chi connectivity index (χ2n) is 11.7. The van der Waals surface area contributed by atoms with Crippen molar-refractivity contribution in [3.05, 3.63) is 102 Å². The molecule has 0 unspecified atom stereocenters. The van der Waals surface area contributed by atoms with Gasteiger partial charge in [-0.05, 0) is 84.6 Å². The van der Waals surface area contributed by atoms with Crippen LogP contribution in [0.4, 0.5) is 34.1 Å². The fourth-order valence-electron chi connectivity index (χ4n) is 5.59. The topological polar surface area (TPSA) is 265 Å². The van der Waals surface area contributed by atoms with Crippen LogP contribution in [0.3, 0.4) is 0 Å². The average molecular weight is 761 g/mol. The first kappa shape index (κ1) is 36.2. The lowest BCUT2D eigenvalue weighted by molar-refractivity contribution is 0.480. The van der Waals surface area contributed by atoms with Gasteiger partial charge in [-0.1, -0.05) is 42.5 Å². The fraction of sp³-hybridized carbons (Fsp3) is 0.0588. The van der Waals surface area contributed by atoms with Gasteiger partial charge in [0.15, 0.2) is 0 Å². The van der Waals surface area contributed by atoms with Crippen LogP contribution in [0.1, 0.15) is 11.1 Å². The van der Waals surface area contributed by atoms with Gasteiger partial charge in [0.05, 0.1) is 27.6 Å². The van der Waals surface area contributed by atoms with Gasteiger partial charge in [0.2, 0.25) is 0 Å². The number of anilines is 2. The molecular formula is C34H28N6O9S3. The second-order valence-corrected chi connectivity index (χ2v) is 15.9. The van der Waals surface area contributed by atoms with E-state index in [2.05, 4.69) is 20.5 Å². The van der Waals surface area contributed by atoms with Gasteiger partial charge in [0.1, 0.15) is 21.2 Å². The molecule has 0 amide bonds. The molecular weight excluding hydrogens is 733 g/mol. The molecule has 0 saturated heterocycles. The third-order valence-corrected chi connectivity index (χ3v) is 10.9. The van der Waals surface area contributed by atoms with E-state index in [0.717, 1.165) is 34.9 Å². The molecule has 0 heterocycles. The number of nitrogens with zero attached hydrogens (tertiary/aromatic N) is 4. The Morgan fingerprint density at radius 1 is 0.462 bits per heavy atom. The highest BCUT2D eigenvalue weighted by Gasteiger charge is 2.22. The molecule has 0 aliphatic carbocycles. The first-order valence-electron chi connectivity index (χ1n) is 15.0. The van der Waals surface area contributed by atoms with Crippen molar-refractivity contribution in [3.8, 4) is 11.1 Å². The van der Waals surface area contributed by atoms with Crippen LogP contribution < -0.4 is 11.5 Å². The Balaban J connectivity index is 1.29. The first-order chi connectivity index (χ1) is 24.3. The number of rotatable bonds is 8. The number of hydrogen-bond acceptors (Lipinski definition) is 12. The van der Waals surface area contributed by atoms with Crippen LogP contribution in [-0.2, 0) is 30.4 Å². The maximum absolute atomic E-state index is 12.2. The van der Waals surface area contributed by atoms with E-state index in [4.69, 9.17) is 11.5 Å². The molecule has 52 heavy (non-hydrogen) atoms. The molecule has 0 bridgehead atoms. The van der Waals surface area contributed by atoms with Crippen LogP contribution in [0.5, 0.6) is 0 Å². The summed E-state index contributed by atoms with van der Waals surface area (Å²) in [5.41, 5.74) is 16.6. The largest absolute Gasteiger partial charge is 0.396 e. The van der Waals surface area contributed by atoms with E-state index in [-0.39, 0.29) is 43.8 Å². The Morgan fingerprint density at radius 3 is 1.33 bits per heavy atom. The van der Waals surface area contributed by atoms with Crippen molar-refractivity contribution in [2.24, 2.45) is 20.5 Å². The van der Waals surface area contributed by atoms with E-state index in [1.165, 1.54) is 18.2 Å². The molecule has 0 saturated carbocycles. The minimum atomic E-state index is -4.88. The standard InChI is InChI=1S/C34H28N6O9S3/c1-18-13-20(7-11-27(18)37-39-29-16-31(51(44,45)46)23-5-3-4-6-24(23)33(29)35)21-8-12-28(19(2)14-21)38-40-30-17-32(52(47,48)49)26-15-22(50(41,42)43)9-10-25(26)34(30)36/h3-17H,35-36H2,1-2H3,(H,41,42,43)(H,44,45,46)(H,47,48,49). The van der Waals surface area contributed by atoms with E-state index in [1.807, 2.05) is 25.1 Å². The summed E-state index contributed by atoms with van der Waals surface area (Å²) in [6.07, 6.45) is 0. The molecule has 0 aromatic heterocycles. The van der Waals surface area contributed by atoms with Gasteiger partial charge in [0, 0.05) is 21.5 Å². The van der Waals surface area contributed by atoms with Crippen molar-refractivity contribution in [3.63, 3.8) is 0 Å². The van der Waals surface area contributed by atoms with Gasteiger partial charge >= 0.3 is 0 Å². The van der Waals surface area contributed by atoms with Gasteiger partial charge < -0.3 is 11.5 Å². The van der Waals surface area contributed by atoms with Crippen molar-refractivity contribution in [2.45, 2.75) is 28.5 Å². The fourth-order valence-corrected chi connectivity index (χ4v) is 7.52. The number of nitrogen functional groups attached to an aromatic ring is 2. The molecule has 0 fully saturated rings. The minimum absolute atomic E-state index is 0.0443. The maximum atomic E-state index is 12.2. The summed E-state index contributed by atoms with van der Waals surface area (Å²) in [5, 5.41) is 17.3. The third kappa shape index (κ3) is 7.11. The Kier molecular flexibility index (Phi) is 9.16. The van der Waals surface area contributed by atoms with Gasteiger partial charge in [-0.2, -0.15) is 35.5 Å². The average Bonchev–Trinajstić information content (AvgIpc) is 3.07. The van der Waals surface area contributed by atoms with Crippen molar-refractivity contribution in [1.29, 1.82) is 0 Å². The summed E-state index contributed by atoms with van der Waals surface area (Å²) in [5.74, 6) is 0. The van der Waals surface area contributed by atoms with Crippen molar-refractivity contribution in [2.75, 3.05) is 11.5 Å². The van der Waals surface area contributed by atoms with Gasteiger partial charge in [-0.3, -0.25) is 13.7 Å². The van der Waals surface area contributed by atoms with Gasteiger partial charge in [-0.15, -0.1) is 10.2 Å². The zero-order valence-electron chi connectivity index (χ0n) is 27.1. The Labute approximate surface area is 297 Å². The molecule has 0 atom stereocenters. The molecule has 0 aliphatic heterocycles. The zero-order chi connectivity index (χ0) is 37.7. The van der Waals surface area contributed by atoms with Crippen LogP contribution in [0.15, 0.2) is 126 Å². The third-order valence-electron chi connectivity index (χ3n) is 8.23. The smallest absolute Gasteiger partial charge is 0.295 e. The molecule has 6 aromatic carbocycles. The number of benzene rings is 6. The van der Waals surface area contributed by atoms with E-state index >= 15 is 0 Å². The summed E-state index contributed by atoms with van der Waals surface area (Å²) in [7, 11) is -14.1. The first-order valence-corrected chi connectivity index (χ1v) is 19.3. The van der Waals surface area contributed by atoms with Crippen LogP contribution in [-0.4, -0.2) is 38.9 Å². The number of hydrogen-bond donors (Lipinski definition) is 5. The molecule has 18 heteroatoms. The lowest BCUT2D eigenvalue weighted by Crippen LogP contribution is -2.03. The molecule has 0 radical (unpaired) electrons. The molecule has 0 aliphatic rings. The number of azo groups is 2. The lowest BCUT2D eigenvalue weighted by Gasteiger charge is -2.11. The quantitative estimate of drug-likeness (QED) is 0.0563. The van der Waals surface area contributed by atoms with Gasteiger partial charge in [-0.25, -0.2) is 0 Å². The summed E-state index contributed by atoms with van der Waals surface area (Å²) in [4.78, 5) is -1.60. The minimum Gasteiger partial charge on any atom is -0.396 e. The molecule has 6 rings (SSSR count). The van der Waals surface area contributed by atoms with Gasteiger partial charge in [0.25, 0.3) is 30.4 Å². The van der Waals surface area contributed by atoms with E-state index in [1.54, 1.807) is 43.3 Å². The number of nitrogens with two attached hydrogens (primary N) is 2. The monoisotopic (exact) mass is 760 g/mol. The zero-order valence-corrected chi connectivity index (χ0v) is 29.6. The highest BCUT2D eigenvalue weighted by molar-refractivity contribution is 7.86. The highest BCUT2D eigenvalue weighted by Crippen LogP contribution is 2.40. The summed E-state index contributed by atoms with van der Waals surface area (Å²) in [6, 6.07) is 22.4.